The highest BCUT2D eigenvalue weighted by atomic mass is 16.3. The Bertz CT molecular complexity index is 1340. The minimum absolute atomic E-state index is 0.145. The molecule has 6 nitrogen and oxygen atoms in total. The van der Waals surface area contributed by atoms with E-state index in [1.807, 2.05) is 42.6 Å². The van der Waals surface area contributed by atoms with Gasteiger partial charge in [0.15, 0.2) is 0 Å². The van der Waals surface area contributed by atoms with Crippen LogP contribution in [0.3, 0.4) is 0 Å². The van der Waals surface area contributed by atoms with E-state index in [-0.39, 0.29) is 12.3 Å². The molecule has 0 aliphatic rings. The number of benzene rings is 2. The maximum absolute atomic E-state index is 12.7. The molecule has 0 saturated carbocycles. The first-order valence-electron chi connectivity index (χ1n) is 9.34. The largest absolute Gasteiger partial charge is 0.396 e. The first-order chi connectivity index (χ1) is 13.8. The molecule has 140 valence electrons. The van der Waals surface area contributed by atoms with E-state index in [4.69, 9.17) is 0 Å². The van der Waals surface area contributed by atoms with Gasteiger partial charge in [-0.2, -0.15) is 0 Å². The molecule has 3 N–H and O–H groups in total. The average molecular weight is 372 g/mol. The minimum atomic E-state index is -0.174. The van der Waals surface area contributed by atoms with Crippen LogP contribution in [-0.2, 0) is 6.54 Å². The zero-order chi connectivity index (χ0) is 19.1. The van der Waals surface area contributed by atoms with E-state index in [9.17, 15) is 9.90 Å². The van der Waals surface area contributed by atoms with Crippen LogP contribution in [-0.4, -0.2) is 30.8 Å². The Labute approximate surface area is 160 Å². The lowest BCUT2D eigenvalue weighted by Crippen LogP contribution is -2.15. The molecule has 0 bridgehead atoms. The maximum Gasteiger partial charge on any atom is 0.330 e. The van der Waals surface area contributed by atoms with Crippen molar-refractivity contribution in [1.29, 1.82) is 0 Å². The fourth-order valence-corrected chi connectivity index (χ4v) is 3.92. The van der Waals surface area contributed by atoms with Gasteiger partial charge in [0.1, 0.15) is 0 Å². The number of H-pyrrole nitrogens is 2. The van der Waals surface area contributed by atoms with E-state index < -0.39 is 0 Å². The van der Waals surface area contributed by atoms with Gasteiger partial charge in [-0.1, -0.05) is 36.4 Å². The first kappa shape index (κ1) is 16.6. The van der Waals surface area contributed by atoms with Crippen LogP contribution >= 0.6 is 0 Å². The van der Waals surface area contributed by atoms with E-state index in [1.54, 1.807) is 10.8 Å². The van der Waals surface area contributed by atoms with Gasteiger partial charge in [-0.3, -0.25) is 4.57 Å². The van der Waals surface area contributed by atoms with Crippen molar-refractivity contribution in [2.75, 3.05) is 6.61 Å². The molecule has 0 aliphatic carbocycles. The highest BCUT2D eigenvalue weighted by Gasteiger charge is 2.18. The summed E-state index contributed by atoms with van der Waals surface area (Å²) >= 11 is 0. The van der Waals surface area contributed by atoms with Crippen LogP contribution in [0.25, 0.3) is 38.8 Å². The standard InChI is InChI=1S/C22H20N4O2/c27-11-5-10-25-14-17(15-6-2-4-9-19(15)25)21-13-24-22(28)26(21)20-12-23-18-8-3-1-7-16(18)20/h1-4,6-9,12-14,23,27H,5,10-11H2,(H,24,28). The summed E-state index contributed by atoms with van der Waals surface area (Å²) in [6, 6.07) is 16.1. The predicted octanol–water partition coefficient (Wildman–Crippen LogP) is 3.65. The quantitative estimate of drug-likeness (QED) is 0.440. The Balaban J connectivity index is 1.75. The molecular weight excluding hydrogens is 352 g/mol. The summed E-state index contributed by atoms with van der Waals surface area (Å²) in [5.74, 6) is 0. The molecule has 2 aromatic carbocycles. The number of hydrogen-bond donors (Lipinski definition) is 3. The van der Waals surface area contributed by atoms with Crippen LogP contribution in [0.4, 0.5) is 0 Å². The average Bonchev–Trinajstić information content (AvgIpc) is 3.41. The summed E-state index contributed by atoms with van der Waals surface area (Å²) in [4.78, 5) is 18.8. The zero-order valence-corrected chi connectivity index (χ0v) is 15.2. The lowest BCUT2D eigenvalue weighted by molar-refractivity contribution is 0.280. The van der Waals surface area contributed by atoms with E-state index in [0.29, 0.717) is 6.42 Å². The second kappa shape index (κ2) is 6.58. The van der Waals surface area contributed by atoms with E-state index in [1.165, 1.54) is 0 Å². The van der Waals surface area contributed by atoms with E-state index in [2.05, 4.69) is 32.9 Å². The highest BCUT2D eigenvalue weighted by molar-refractivity contribution is 5.96. The SMILES string of the molecule is O=c1[nH]cc(-c2cn(CCCO)c3ccccc23)n1-c1c[nH]c2ccccc12. The number of aryl methyl sites for hydroxylation is 1. The van der Waals surface area contributed by atoms with Gasteiger partial charge in [0, 0.05) is 59.1 Å². The second-order valence-electron chi connectivity index (χ2n) is 6.86. The number of aliphatic hydroxyl groups is 1. The van der Waals surface area contributed by atoms with Crippen molar-refractivity contribution in [1.82, 2.24) is 19.1 Å². The van der Waals surface area contributed by atoms with Crippen LogP contribution in [0.2, 0.25) is 0 Å². The molecule has 6 heteroatoms. The van der Waals surface area contributed by atoms with Crippen molar-refractivity contribution < 1.29 is 5.11 Å². The zero-order valence-electron chi connectivity index (χ0n) is 15.2. The van der Waals surface area contributed by atoms with Crippen LogP contribution in [0.15, 0.2) is 71.9 Å². The third kappa shape index (κ3) is 2.50. The fraction of sp³-hybridized carbons (Fsp3) is 0.136. The molecule has 3 aromatic heterocycles. The van der Waals surface area contributed by atoms with E-state index >= 15 is 0 Å². The van der Waals surface area contributed by atoms with Gasteiger partial charge < -0.3 is 19.6 Å². The van der Waals surface area contributed by atoms with Crippen molar-refractivity contribution in [3.05, 3.63) is 77.6 Å². The number of nitrogens with zero attached hydrogens (tertiary/aromatic N) is 2. The Morgan fingerprint density at radius 1 is 0.929 bits per heavy atom. The van der Waals surface area contributed by atoms with Crippen molar-refractivity contribution in [3.63, 3.8) is 0 Å². The summed E-state index contributed by atoms with van der Waals surface area (Å²) in [5, 5.41) is 11.3. The number of nitrogens with one attached hydrogen (secondary N) is 2. The van der Waals surface area contributed by atoms with E-state index in [0.717, 1.165) is 45.3 Å². The van der Waals surface area contributed by atoms with Gasteiger partial charge in [0.05, 0.1) is 11.4 Å². The van der Waals surface area contributed by atoms with Crippen LogP contribution < -0.4 is 5.69 Å². The molecule has 0 atom stereocenters. The highest BCUT2D eigenvalue weighted by Crippen LogP contribution is 2.32. The molecule has 0 unspecified atom stereocenters. The topological polar surface area (TPSA) is 78.7 Å². The summed E-state index contributed by atoms with van der Waals surface area (Å²) in [6.07, 6.45) is 6.38. The summed E-state index contributed by atoms with van der Waals surface area (Å²) in [5.41, 5.74) is 4.52. The monoisotopic (exact) mass is 372 g/mol. The Morgan fingerprint density at radius 3 is 2.57 bits per heavy atom. The molecule has 0 saturated heterocycles. The van der Waals surface area contributed by atoms with Crippen molar-refractivity contribution in [2.45, 2.75) is 13.0 Å². The Morgan fingerprint density at radius 2 is 1.71 bits per heavy atom. The molecule has 0 radical (unpaired) electrons. The number of rotatable bonds is 5. The molecule has 0 amide bonds. The van der Waals surface area contributed by atoms with Crippen LogP contribution in [0.5, 0.6) is 0 Å². The van der Waals surface area contributed by atoms with Crippen molar-refractivity contribution in [3.8, 4) is 16.9 Å². The van der Waals surface area contributed by atoms with Crippen molar-refractivity contribution in [2.24, 2.45) is 0 Å². The molecule has 0 fully saturated rings. The third-order valence-corrected chi connectivity index (χ3v) is 5.21. The minimum Gasteiger partial charge on any atom is -0.396 e. The summed E-state index contributed by atoms with van der Waals surface area (Å²) < 4.78 is 3.86. The second-order valence-corrected chi connectivity index (χ2v) is 6.86. The van der Waals surface area contributed by atoms with Gasteiger partial charge in [0.25, 0.3) is 0 Å². The number of aromatic amines is 2. The normalized spacial score (nSPS) is 11.6. The van der Waals surface area contributed by atoms with Gasteiger partial charge in [0.2, 0.25) is 0 Å². The van der Waals surface area contributed by atoms with Gasteiger partial charge in [-0.25, -0.2) is 4.79 Å². The summed E-state index contributed by atoms with van der Waals surface area (Å²) in [7, 11) is 0. The van der Waals surface area contributed by atoms with Gasteiger partial charge in [-0.15, -0.1) is 0 Å². The molecule has 0 aliphatic heterocycles. The Hall–Kier alpha value is -3.51. The van der Waals surface area contributed by atoms with Crippen molar-refractivity contribution >= 4 is 21.8 Å². The maximum atomic E-state index is 12.7. The number of imidazole rings is 1. The lowest BCUT2D eigenvalue weighted by atomic mass is 10.1. The molecule has 28 heavy (non-hydrogen) atoms. The predicted molar refractivity (Wildman–Crippen MR) is 111 cm³/mol. The van der Waals surface area contributed by atoms with Crippen LogP contribution in [0, 0.1) is 0 Å². The Kier molecular flexibility index (Phi) is 3.91. The molecule has 5 rings (SSSR count). The number of fused-ring (bicyclic) bond motifs is 2. The lowest BCUT2D eigenvalue weighted by Gasteiger charge is -2.05. The van der Waals surface area contributed by atoms with Gasteiger partial charge in [-0.05, 0) is 18.6 Å². The van der Waals surface area contributed by atoms with Gasteiger partial charge >= 0.3 is 5.69 Å². The molecule has 5 aromatic rings. The number of aromatic nitrogens is 4. The number of hydrogen-bond acceptors (Lipinski definition) is 2. The summed E-state index contributed by atoms with van der Waals surface area (Å²) in [6.45, 7) is 0.866. The third-order valence-electron chi connectivity index (χ3n) is 5.21. The molecule has 3 heterocycles. The smallest absolute Gasteiger partial charge is 0.330 e. The first-order valence-corrected chi connectivity index (χ1v) is 9.34. The number of aliphatic hydroxyl groups excluding tert-OH is 1. The van der Waals surface area contributed by atoms with Crippen LogP contribution in [0.1, 0.15) is 6.42 Å². The molecular formula is C22H20N4O2. The number of para-hydroxylation sites is 2. The molecule has 0 spiro atoms. The fourth-order valence-electron chi connectivity index (χ4n) is 3.92.